The number of aldehydes is 1. The maximum Gasteiger partial charge on any atom is 0.170 e. The molecule has 4 nitrogen and oxygen atoms in total. The van der Waals surface area contributed by atoms with Crippen LogP contribution in [0.3, 0.4) is 0 Å². The molecule has 0 saturated heterocycles. The first-order chi connectivity index (χ1) is 9.36. The van der Waals surface area contributed by atoms with E-state index in [1.54, 1.807) is 0 Å². The van der Waals surface area contributed by atoms with Crippen LogP contribution in [0.15, 0.2) is 30.3 Å². The number of aromatic amines is 1. The van der Waals surface area contributed by atoms with Crippen molar-refractivity contribution in [1.29, 1.82) is 0 Å². The van der Waals surface area contributed by atoms with Gasteiger partial charge in [-0.15, -0.1) is 0 Å². The van der Waals surface area contributed by atoms with Gasteiger partial charge in [-0.25, -0.2) is 0 Å². The Morgan fingerprint density at radius 3 is 2.79 bits per heavy atom. The van der Waals surface area contributed by atoms with Crippen LogP contribution in [0.2, 0.25) is 0 Å². The number of hydrogen-bond acceptors (Lipinski definition) is 3. The summed E-state index contributed by atoms with van der Waals surface area (Å²) in [5, 5.41) is 7.05. The van der Waals surface area contributed by atoms with Crippen LogP contribution in [-0.2, 0) is 19.4 Å². The van der Waals surface area contributed by atoms with Gasteiger partial charge in [-0.05, 0) is 12.0 Å². The number of H-pyrrole nitrogens is 1. The molecule has 19 heavy (non-hydrogen) atoms. The smallest absolute Gasteiger partial charge is 0.170 e. The predicted molar refractivity (Wildman–Crippen MR) is 73.1 cm³/mol. The van der Waals surface area contributed by atoms with Gasteiger partial charge in [0, 0.05) is 37.3 Å². The lowest BCUT2D eigenvalue weighted by atomic mass is 10.1. The van der Waals surface area contributed by atoms with Crippen LogP contribution in [0.25, 0.3) is 0 Å². The highest BCUT2D eigenvalue weighted by Gasteiger charge is 2.18. The van der Waals surface area contributed by atoms with Crippen molar-refractivity contribution in [2.75, 3.05) is 13.1 Å². The molecule has 0 aliphatic carbocycles. The van der Waals surface area contributed by atoms with Gasteiger partial charge in [0.25, 0.3) is 0 Å². The molecule has 98 valence electrons. The fourth-order valence-corrected chi connectivity index (χ4v) is 2.65. The van der Waals surface area contributed by atoms with Crippen molar-refractivity contribution in [2.45, 2.75) is 19.4 Å². The maximum atomic E-state index is 10.9. The molecule has 1 N–H and O–H groups in total. The third-order valence-electron chi connectivity index (χ3n) is 3.70. The second-order valence-electron chi connectivity index (χ2n) is 4.95. The van der Waals surface area contributed by atoms with Gasteiger partial charge in [0.2, 0.25) is 0 Å². The Labute approximate surface area is 112 Å². The van der Waals surface area contributed by atoms with Crippen molar-refractivity contribution in [3.05, 3.63) is 52.8 Å². The second-order valence-corrected chi connectivity index (χ2v) is 4.95. The summed E-state index contributed by atoms with van der Waals surface area (Å²) >= 11 is 0. The van der Waals surface area contributed by atoms with Gasteiger partial charge in [-0.2, -0.15) is 5.10 Å². The van der Waals surface area contributed by atoms with Gasteiger partial charge in [-0.3, -0.25) is 14.8 Å². The molecule has 0 radical (unpaired) electrons. The van der Waals surface area contributed by atoms with Crippen LogP contribution >= 0.6 is 0 Å². The zero-order valence-electron chi connectivity index (χ0n) is 10.8. The zero-order valence-corrected chi connectivity index (χ0v) is 10.8. The van der Waals surface area contributed by atoms with E-state index >= 15 is 0 Å². The molecule has 3 rings (SSSR count). The van der Waals surface area contributed by atoms with E-state index in [1.807, 2.05) is 6.07 Å². The number of rotatable bonds is 3. The van der Waals surface area contributed by atoms with Crippen LogP contribution in [0.4, 0.5) is 0 Å². The minimum absolute atomic E-state index is 0.580. The number of benzene rings is 1. The second kappa shape index (κ2) is 5.36. The third kappa shape index (κ3) is 2.58. The highest BCUT2D eigenvalue weighted by atomic mass is 16.1. The highest BCUT2D eigenvalue weighted by molar-refractivity contribution is 5.74. The summed E-state index contributed by atoms with van der Waals surface area (Å²) in [7, 11) is 0. The van der Waals surface area contributed by atoms with E-state index in [1.165, 1.54) is 5.56 Å². The van der Waals surface area contributed by atoms with E-state index in [0.717, 1.165) is 50.0 Å². The monoisotopic (exact) mass is 255 g/mol. The van der Waals surface area contributed by atoms with E-state index in [4.69, 9.17) is 0 Å². The summed E-state index contributed by atoms with van der Waals surface area (Å²) in [5.74, 6) is 0. The van der Waals surface area contributed by atoms with Crippen LogP contribution < -0.4 is 0 Å². The number of carbonyl (C=O) groups excluding carboxylic acids is 1. The number of hydrogen-bond donors (Lipinski definition) is 1. The molecule has 0 unspecified atom stereocenters. The van der Waals surface area contributed by atoms with Crippen molar-refractivity contribution >= 4 is 6.29 Å². The lowest BCUT2D eigenvalue weighted by molar-refractivity contribution is 0.111. The van der Waals surface area contributed by atoms with Crippen LogP contribution in [-0.4, -0.2) is 34.5 Å². The Bertz CT molecular complexity index is 562. The molecule has 0 amide bonds. The van der Waals surface area contributed by atoms with Crippen LogP contribution in [0, 0.1) is 0 Å². The molecule has 1 aliphatic heterocycles. The van der Waals surface area contributed by atoms with Gasteiger partial charge in [0.05, 0.1) is 0 Å². The molecule has 2 aromatic rings. The molecular formula is C15H17N3O. The quantitative estimate of drug-likeness (QED) is 0.851. The Morgan fingerprint density at radius 2 is 2.00 bits per heavy atom. The Balaban J connectivity index is 1.70. The molecule has 0 spiro atoms. The summed E-state index contributed by atoms with van der Waals surface area (Å²) in [6.07, 6.45) is 2.68. The molecule has 1 aromatic carbocycles. The molecule has 1 aromatic heterocycles. The largest absolute Gasteiger partial charge is 0.298 e. The first kappa shape index (κ1) is 12.1. The molecule has 0 saturated carbocycles. The van der Waals surface area contributed by atoms with E-state index < -0.39 is 0 Å². The summed E-state index contributed by atoms with van der Waals surface area (Å²) in [6, 6.07) is 10.5. The first-order valence-electron chi connectivity index (χ1n) is 6.64. The van der Waals surface area contributed by atoms with Gasteiger partial charge in [0.15, 0.2) is 6.29 Å². The Kier molecular flexibility index (Phi) is 3.42. The lowest BCUT2D eigenvalue weighted by Gasteiger charge is -2.19. The third-order valence-corrected chi connectivity index (χ3v) is 3.70. The molecular weight excluding hydrogens is 238 g/mol. The first-order valence-corrected chi connectivity index (χ1v) is 6.64. The lowest BCUT2D eigenvalue weighted by Crippen LogP contribution is -2.26. The van der Waals surface area contributed by atoms with Crippen molar-refractivity contribution < 1.29 is 4.79 Å². The number of nitrogens with one attached hydrogen (secondary N) is 1. The maximum absolute atomic E-state index is 10.9. The number of carbonyl (C=O) groups is 1. The normalized spacial score (nSPS) is 15.8. The van der Waals surface area contributed by atoms with Gasteiger partial charge in [0.1, 0.15) is 5.69 Å². The zero-order chi connectivity index (χ0) is 13.1. The van der Waals surface area contributed by atoms with Crippen LogP contribution in [0.5, 0.6) is 0 Å². The summed E-state index contributed by atoms with van der Waals surface area (Å²) in [5.41, 5.74) is 4.14. The molecule has 1 aliphatic rings. The SMILES string of the molecule is O=Cc1n[nH]c2c1CCN(Cc1ccccc1)CC2. The van der Waals surface area contributed by atoms with Gasteiger partial charge in [-0.1, -0.05) is 30.3 Å². The molecule has 2 heterocycles. The Hall–Kier alpha value is -1.94. The van der Waals surface area contributed by atoms with Gasteiger partial charge >= 0.3 is 0 Å². The highest BCUT2D eigenvalue weighted by Crippen LogP contribution is 2.17. The van der Waals surface area contributed by atoms with E-state index in [9.17, 15) is 4.79 Å². The Morgan fingerprint density at radius 1 is 1.21 bits per heavy atom. The van der Waals surface area contributed by atoms with Crippen molar-refractivity contribution in [3.63, 3.8) is 0 Å². The van der Waals surface area contributed by atoms with Gasteiger partial charge < -0.3 is 0 Å². The average Bonchev–Trinajstić information content (AvgIpc) is 2.75. The molecule has 0 atom stereocenters. The number of aromatic nitrogens is 2. The minimum Gasteiger partial charge on any atom is -0.298 e. The number of fused-ring (bicyclic) bond motifs is 1. The van der Waals surface area contributed by atoms with Crippen molar-refractivity contribution in [1.82, 2.24) is 15.1 Å². The average molecular weight is 255 g/mol. The fraction of sp³-hybridized carbons (Fsp3) is 0.333. The summed E-state index contributed by atoms with van der Waals surface area (Å²) < 4.78 is 0. The van der Waals surface area contributed by atoms with E-state index in [2.05, 4.69) is 39.4 Å². The fourth-order valence-electron chi connectivity index (χ4n) is 2.65. The van der Waals surface area contributed by atoms with E-state index in [-0.39, 0.29) is 0 Å². The van der Waals surface area contributed by atoms with Crippen molar-refractivity contribution in [3.8, 4) is 0 Å². The van der Waals surface area contributed by atoms with Crippen LogP contribution in [0.1, 0.15) is 27.3 Å². The predicted octanol–water partition coefficient (Wildman–Crippen LogP) is 1.82. The minimum atomic E-state index is 0.580. The summed E-state index contributed by atoms with van der Waals surface area (Å²) in [6.45, 7) is 2.94. The standard InChI is InChI=1S/C15H17N3O/c19-11-15-13-6-8-18(9-7-14(13)16-17-15)10-12-4-2-1-3-5-12/h1-5,11H,6-10H2,(H,16,17). The number of nitrogens with zero attached hydrogens (tertiary/aromatic N) is 2. The van der Waals surface area contributed by atoms with E-state index in [0.29, 0.717) is 5.69 Å². The summed E-state index contributed by atoms with van der Waals surface area (Å²) in [4.78, 5) is 13.4. The molecule has 0 fully saturated rings. The molecule has 4 heteroatoms. The topological polar surface area (TPSA) is 49.0 Å². The molecule has 0 bridgehead atoms. The van der Waals surface area contributed by atoms with Crippen molar-refractivity contribution in [2.24, 2.45) is 0 Å².